The molecule has 1 aliphatic heterocycles. The van der Waals surface area contributed by atoms with Crippen LogP contribution in [0.15, 0.2) is 24.3 Å². The Labute approximate surface area is 154 Å². The van der Waals surface area contributed by atoms with Gasteiger partial charge in [-0.2, -0.15) is 0 Å². The predicted octanol–water partition coefficient (Wildman–Crippen LogP) is 1.06. The summed E-state index contributed by atoms with van der Waals surface area (Å²) >= 11 is 0. The molecule has 1 heterocycles. The highest BCUT2D eigenvalue weighted by Crippen LogP contribution is 2.19. The van der Waals surface area contributed by atoms with Crippen LogP contribution in [0.2, 0.25) is 0 Å². The molecule has 1 fully saturated rings. The SMILES string of the molecule is CCOC(=O)N1CCN(C(=O)CN(c2cccc(C)c2)S(C)(=O)=O)CC1. The summed E-state index contributed by atoms with van der Waals surface area (Å²) in [5.74, 6) is -0.291. The molecular formula is C17H25N3O5S. The van der Waals surface area contributed by atoms with E-state index < -0.39 is 16.1 Å². The first kappa shape index (κ1) is 20.0. The molecule has 0 N–H and O–H groups in total. The van der Waals surface area contributed by atoms with Crippen molar-refractivity contribution in [2.24, 2.45) is 0 Å². The van der Waals surface area contributed by atoms with E-state index >= 15 is 0 Å². The number of piperazine rings is 1. The van der Waals surface area contributed by atoms with Gasteiger partial charge >= 0.3 is 6.09 Å². The van der Waals surface area contributed by atoms with Gasteiger partial charge in [-0.3, -0.25) is 9.10 Å². The molecule has 8 nitrogen and oxygen atoms in total. The molecule has 2 rings (SSSR count). The monoisotopic (exact) mass is 383 g/mol. The molecule has 1 aromatic rings. The van der Waals surface area contributed by atoms with Crippen LogP contribution in [0.3, 0.4) is 0 Å². The smallest absolute Gasteiger partial charge is 0.409 e. The van der Waals surface area contributed by atoms with Gasteiger partial charge in [-0.1, -0.05) is 12.1 Å². The molecule has 0 radical (unpaired) electrons. The van der Waals surface area contributed by atoms with E-state index in [1.165, 1.54) is 0 Å². The summed E-state index contributed by atoms with van der Waals surface area (Å²) in [4.78, 5) is 27.4. The molecule has 0 bridgehead atoms. The van der Waals surface area contributed by atoms with Crippen molar-refractivity contribution < 1.29 is 22.7 Å². The molecule has 0 aromatic heterocycles. The van der Waals surface area contributed by atoms with Crippen molar-refractivity contribution in [1.29, 1.82) is 0 Å². The van der Waals surface area contributed by atoms with E-state index in [2.05, 4.69) is 0 Å². The summed E-state index contributed by atoms with van der Waals surface area (Å²) in [5, 5.41) is 0. The Balaban J connectivity index is 2.04. The van der Waals surface area contributed by atoms with Gasteiger partial charge in [0.2, 0.25) is 15.9 Å². The van der Waals surface area contributed by atoms with Crippen LogP contribution < -0.4 is 4.31 Å². The minimum Gasteiger partial charge on any atom is -0.450 e. The standard InChI is InChI=1S/C17H25N3O5S/c1-4-25-17(22)19-10-8-18(9-11-19)16(21)13-20(26(3,23)24)15-7-5-6-14(2)12-15/h5-7,12H,4,8-11,13H2,1-3H3. The van der Waals surface area contributed by atoms with Crippen LogP contribution in [-0.2, 0) is 19.6 Å². The van der Waals surface area contributed by atoms with E-state index in [0.717, 1.165) is 16.1 Å². The van der Waals surface area contributed by atoms with E-state index in [1.54, 1.807) is 34.9 Å². The van der Waals surface area contributed by atoms with Gasteiger partial charge in [0.05, 0.1) is 18.6 Å². The number of carbonyl (C=O) groups is 2. The van der Waals surface area contributed by atoms with Crippen LogP contribution in [-0.4, -0.2) is 75.8 Å². The number of aryl methyl sites for hydroxylation is 1. The summed E-state index contributed by atoms with van der Waals surface area (Å²) in [6.45, 7) is 5.08. The highest BCUT2D eigenvalue weighted by molar-refractivity contribution is 7.92. The van der Waals surface area contributed by atoms with Gasteiger partial charge in [-0.15, -0.1) is 0 Å². The van der Waals surface area contributed by atoms with Crippen molar-refractivity contribution in [3.05, 3.63) is 29.8 Å². The van der Waals surface area contributed by atoms with Gasteiger partial charge in [0, 0.05) is 26.2 Å². The highest BCUT2D eigenvalue weighted by Gasteiger charge is 2.28. The minimum absolute atomic E-state index is 0.262. The highest BCUT2D eigenvalue weighted by atomic mass is 32.2. The predicted molar refractivity (Wildman–Crippen MR) is 98.5 cm³/mol. The van der Waals surface area contributed by atoms with E-state index in [4.69, 9.17) is 4.74 Å². The van der Waals surface area contributed by atoms with Crippen LogP contribution in [0.5, 0.6) is 0 Å². The fourth-order valence-corrected chi connectivity index (χ4v) is 3.60. The number of benzene rings is 1. The average molecular weight is 383 g/mol. The average Bonchev–Trinajstić information content (AvgIpc) is 2.58. The van der Waals surface area contributed by atoms with Crippen molar-refractivity contribution in [1.82, 2.24) is 9.80 Å². The fraction of sp³-hybridized carbons (Fsp3) is 0.529. The summed E-state index contributed by atoms with van der Waals surface area (Å²) in [6, 6.07) is 7.01. The molecule has 1 aliphatic rings. The van der Waals surface area contributed by atoms with Gasteiger partial charge < -0.3 is 14.5 Å². The number of amides is 2. The molecule has 0 saturated carbocycles. The zero-order valence-electron chi connectivity index (χ0n) is 15.3. The third-order valence-corrected chi connectivity index (χ3v) is 5.27. The second-order valence-corrected chi connectivity index (χ2v) is 8.08. The molecule has 1 saturated heterocycles. The van der Waals surface area contributed by atoms with Gasteiger partial charge in [0.15, 0.2) is 0 Å². The second-order valence-electron chi connectivity index (χ2n) is 6.18. The molecule has 0 unspecified atom stereocenters. The van der Waals surface area contributed by atoms with Crippen LogP contribution >= 0.6 is 0 Å². The lowest BCUT2D eigenvalue weighted by atomic mass is 10.2. The van der Waals surface area contributed by atoms with E-state index in [9.17, 15) is 18.0 Å². The maximum absolute atomic E-state index is 12.6. The lowest BCUT2D eigenvalue weighted by molar-refractivity contribution is -0.131. The van der Waals surface area contributed by atoms with Crippen molar-refractivity contribution >= 4 is 27.7 Å². The largest absolute Gasteiger partial charge is 0.450 e. The number of hydrogen-bond acceptors (Lipinski definition) is 5. The van der Waals surface area contributed by atoms with Crippen molar-refractivity contribution in [3.63, 3.8) is 0 Å². The summed E-state index contributed by atoms with van der Waals surface area (Å²) in [5.41, 5.74) is 1.37. The van der Waals surface area contributed by atoms with Gasteiger partial charge in [0.1, 0.15) is 6.54 Å². The van der Waals surface area contributed by atoms with Crippen molar-refractivity contribution in [3.8, 4) is 0 Å². The maximum atomic E-state index is 12.6. The quantitative estimate of drug-likeness (QED) is 0.759. The zero-order valence-corrected chi connectivity index (χ0v) is 16.2. The van der Waals surface area contributed by atoms with E-state index in [0.29, 0.717) is 38.5 Å². The second kappa shape index (κ2) is 8.39. The first-order valence-corrected chi connectivity index (χ1v) is 10.3. The normalized spacial score (nSPS) is 14.9. The molecule has 144 valence electrons. The van der Waals surface area contributed by atoms with Crippen molar-refractivity contribution in [2.75, 3.05) is 49.9 Å². The molecule has 26 heavy (non-hydrogen) atoms. The molecule has 0 spiro atoms. The first-order chi connectivity index (χ1) is 12.2. The Morgan fingerprint density at radius 2 is 1.77 bits per heavy atom. The Kier molecular flexibility index (Phi) is 6.47. The van der Waals surface area contributed by atoms with Gasteiger partial charge in [-0.25, -0.2) is 13.2 Å². The third-order valence-electron chi connectivity index (χ3n) is 4.13. The summed E-state index contributed by atoms with van der Waals surface area (Å²) < 4.78 is 30.4. The fourth-order valence-electron chi connectivity index (χ4n) is 2.76. The number of carbonyl (C=O) groups excluding carboxylic acids is 2. The summed E-state index contributed by atoms with van der Waals surface area (Å²) in [7, 11) is -3.60. The molecular weight excluding hydrogens is 358 g/mol. The van der Waals surface area contributed by atoms with E-state index in [-0.39, 0.29) is 12.5 Å². The molecule has 1 aromatic carbocycles. The van der Waals surface area contributed by atoms with Crippen LogP contribution in [0.25, 0.3) is 0 Å². The number of hydrogen-bond donors (Lipinski definition) is 0. The lowest BCUT2D eigenvalue weighted by Crippen LogP contribution is -2.53. The number of nitrogens with zero attached hydrogens (tertiary/aromatic N) is 3. The van der Waals surface area contributed by atoms with Gasteiger partial charge in [0.25, 0.3) is 0 Å². The van der Waals surface area contributed by atoms with Crippen LogP contribution in [0.4, 0.5) is 10.5 Å². The van der Waals surface area contributed by atoms with Gasteiger partial charge in [-0.05, 0) is 31.5 Å². The van der Waals surface area contributed by atoms with Crippen LogP contribution in [0.1, 0.15) is 12.5 Å². The number of anilines is 1. The lowest BCUT2D eigenvalue weighted by Gasteiger charge is -2.35. The van der Waals surface area contributed by atoms with Crippen molar-refractivity contribution in [2.45, 2.75) is 13.8 Å². The van der Waals surface area contributed by atoms with Crippen LogP contribution in [0, 0.1) is 6.92 Å². The topological polar surface area (TPSA) is 87.2 Å². The maximum Gasteiger partial charge on any atom is 0.409 e. The molecule has 9 heteroatoms. The number of rotatable bonds is 5. The molecule has 0 atom stereocenters. The molecule has 2 amide bonds. The third kappa shape index (κ3) is 5.10. The Morgan fingerprint density at radius 1 is 1.15 bits per heavy atom. The Bertz CT molecular complexity index is 757. The zero-order chi connectivity index (χ0) is 19.3. The minimum atomic E-state index is -3.60. The van der Waals surface area contributed by atoms with E-state index in [1.807, 2.05) is 13.0 Å². The first-order valence-electron chi connectivity index (χ1n) is 8.46. The summed E-state index contributed by atoms with van der Waals surface area (Å²) in [6.07, 6.45) is 0.693. The molecule has 0 aliphatic carbocycles. The Hall–Kier alpha value is -2.29. The number of sulfonamides is 1. The Morgan fingerprint density at radius 3 is 2.31 bits per heavy atom. The number of ether oxygens (including phenoxy) is 1.